The minimum atomic E-state index is -1.67. The van der Waals surface area contributed by atoms with E-state index in [0.717, 1.165) is 17.0 Å². The van der Waals surface area contributed by atoms with Crippen molar-refractivity contribution in [2.24, 2.45) is 0 Å². The summed E-state index contributed by atoms with van der Waals surface area (Å²) in [4.78, 5) is 14.9. The molecule has 1 unspecified atom stereocenters. The number of nitrogens with zero attached hydrogens (tertiary/aromatic N) is 1. The first-order valence-corrected chi connectivity index (χ1v) is 8.47. The summed E-state index contributed by atoms with van der Waals surface area (Å²) >= 11 is 0. The SMILES string of the molecule is COc1cccc(CN2C(=O)C(O)(c3ccccc3)c3ccccc32)c1. The number of aliphatic hydroxyl groups is 1. The molecule has 1 N–H and O–H groups in total. The molecule has 1 heterocycles. The lowest BCUT2D eigenvalue weighted by Crippen LogP contribution is -2.40. The van der Waals surface area contributed by atoms with Gasteiger partial charge in [-0.1, -0.05) is 60.7 Å². The van der Waals surface area contributed by atoms with E-state index >= 15 is 0 Å². The number of anilines is 1. The minimum Gasteiger partial charge on any atom is -0.497 e. The van der Waals surface area contributed by atoms with Gasteiger partial charge in [-0.15, -0.1) is 0 Å². The number of hydrogen-bond acceptors (Lipinski definition) is 3. The Kier molecular flexibility index (Phi) is 3.98. The van der Waals surface area contributed by atoms with E-state index < -0.39 is 5.60 Å². The quantitative estimate of drug-likeness (QED) is 0.788. The van der Waals surface area contributed by atoms with Crippen molar-refractivity contribution in [3.8, 4) is 5.75 Å². The molecule has 1 aliphatic rings. The van der Waals surface area contributed by atoms with Crippen LogP contribution in [0.2, 0.25) is 0 Å². The molecule has 26 heavy (non-hydrogen) atoms. The van der Waals surface area contributed by atoms with Gasteiger partial charge < -0.3 is 14.7 Å². The molecule has 0 radical (unpaired) electrons. The van der Waals surface area contributed by atoms with Crippen LogP contribution >= 0.6 is 0 Å². The van der Waals surface area contributed by atoms with Gasteiger partial charge in [0.1, 0.15) is 5.75 Å². The number of carbonyl (C=O) groups excluding carboxylic acids is 1. The first-order chi connectivity index (χ1) is 12.6. The zero-order valence-electron chi connectivity index (χ0n) is 14.4. The summed E-state index contributed by atoms with van der Waals surface area (Å²) in [5.41, 5.74) is 1.18. The van der Waals surface area contributed by atoms with E-state index in [1.54, 1.807) is 24.1 Å². The van der Waals surface area contributed by atoms with Gasteiger partial charge in [0, 0.05) is 5.56 Å². The smallest absolute Gasteiger partial charge is 0.268 e. The minimum absolute atomic E-state index is 0.340. The van der Waals surface area contributed by atoms with Gasteiger partial charge >= 0.3 is 0 Å². The third-order valence-corrected chi connectivity index (χ3v) is 4.81. The number of benzene rings is 3. The van der Waals surface area contributed by atoms with Crippen LogP contribution in [0.5, 0.6) is 5.75 Å². The molecule has 130 valence electrons. The van der Waals surface area contributed by atoms with Crippen molar-refractivity contribution in [3.05, 3.63) is 95.6 Å². The molecular weight excluding hydrogens is 326 g/mol. The zero-order valence-corrected chi connectivity index (χ0v) is 14.4. The number of carbonyl (C=O) groups is 1. The topological polar surface area (TPSA) is 49.8 Å². The fourth-order valence-corrected chi connectivity index (χ4v) is 3.50. The molecule has 3 aromatic rings. The number of para-hydroxylation sites is 1. The standard InChI is InChI=1S/C22H19NO3/c1-26-18-11-7-8-16(14-18)15-23-20-13-6-5-12-19(20)22(25,21(23)24)17-9-3-2-4-10-17/h2-14,25H,15H2,1H3. The maximum Gasteiger partial charge on any atom is 0.268 e. The molecule has 0 saturated heterocycles. The van der Waals surface area contributed by atoms with Gasteiger partial charge in [0.2, 0.25) is 0 Å². The van der Waals surface area contributed by atoms with E-state index in [1.807, 2.05) is 66.7 Å². The van der Waals surface area contributed by atoms with Crippen molar-refractivity contribution >= 4 is 11.6 Å². The summed E-state index contributed by atoms with van der Waals surface area (Å²) in [6.07, 6.45) is 0. The third-order valence-electron chi connectivity index (χ3n) is 4.81. The van der Waals surface area contributed by atoms with Crippen molar-refractivity contribution in [1.82, 2.24) is 0 Å². The van der Waals surface area contributed by atoms with Crippen LogP contribution in [0.15, 0.2) is 78.9 Å². The molecule has 4 rings (SSSR count). The van der Waals surface area contributed by atoms with Gasteiger partial charge in [-0.2, -0.15) is 0 Å². The van der Waals surface area contributed by atoms with Crippen LogP contribution in [-0.4, -0.2) is 18.1 Å². The van der Waals surface area contributed by atoms with Crippen molar-refractivity contribution in [2.45, 2.75) is 12.1 Å². The highest BCUT2D eigenvalue weighted by Crippen LogP contribution is 2.44. The molecule has 0 saturated carbocycles. The van der Waals surface area contributed by atoms with Crippen LogP contribution in [0, 0.1) is 0 Å². The first kappa shape index (κ1) is 16.4. The highest BCUT2D eigenvalue weighted by Gasteiger charge is 2.50. The van der Waals surface area contributed by atoms with Crippen LogP contribution in [0.25, 0.3) is 0 Å². The van der Waals surface area contributed by atoms with Crippen molar-refractivity contribution < 1.29 is 14.6 Å². The molecule has 4 nitrogen and oxygen atoms in total. The van der Waals surface area contributed by atoms with Gasteiger partial charge in [0.15, 0.2) is 5.60 Å². The highest BCUT2D eigenvalue weighted by atomic mass is 16.5. The average molecular weight is 345 g/mol. The second kappa shape index (κ2) is 6.32. The molecule has 0 spiro atoms. The van der Waals surface area contributed by atoms with Gasteiger partial charge in [0.05, 0.1) is 19.3 Å². The summed E-state index contributed by atoms with van der Waals surface area (Å²) in [6, 6.07) is 24.1. The summed E-state index contributed by atoms with van der Waals surface area (Å²) in [5, 5.41) is 11.4. The number of rotatable bonds is 4. The molecule has 1 aliphatic heterocycles. The molecule has 0 aromatic heterocycles. The van der Waals surface area contributed by atoms with E-state index in [4.69, 9.17) is 4.74 Å². The molecule has 0 aliphatic carbocycles. The fourth-order valence-electron chi connectivity index (χ4n) is 3.50. The Morgan fingerprint density at radius 2 is 1.69 bits per heavy atom. The lowest BCUT2D eigenvalue weighted by molar-refractivity contribution is -0.132. The monoisotopic (exact) mass is 345 g/mol. The highest BCUT2D eigenvalue weighted by molar-refractivity contribution is 6.09. The third kappa shape index (κ3) is 2.47. The van der Waals surface area contributed by atoms with Gasteiger partial charge in [0.25, 0.3) is 5.91 Å². The normalized spacial score (nSPS) is 18.7. The Labute approximate surface area is 152 Å². The Morgan fingerprint density at radius 1 is 0.962 bits per heavy atom. The summed E-state index contributed by atoms with van der Waals surface area (Å²) < 4.78 is 5.27. The largest absolute Gasteiger partial charge is 0.497 e. The van der Waals surface area contributed by atoms with Gasteiger partial charge in [-0.25, -0.2) is 0 Å². The Bertz CT molecular complexity index is 954. The second-order valence-electron chi connectivity index (χ2n) is 6.34. The fraction of sp³-hybridized carbons (Fsp3) is 0.136. The maximum atomic E-state index is 13.3. The molecule has 0 bridgehead atoms. The maximum absolute atomic E-state index is 13.3. The lowest BCUT2D eigenvalue weighted by Gasteiger charge is -2.24. The molecule has 1 amide bonds. The number of methoxy groups -OCH3 is 1. The predicted octanol–water partition coefficient (Wildman–Crippen LogP) is 3.48. The molecular formula is C22H19NO3. The van der Waals surface area contributed by atoms with Crippen molar-refractivity contribution in [3.63, 3.8) is 0 Å². The number of hydrogen-bond donors (Lipinski definition) is 1. The Balaban J connectivity index is 1.79. The summed E-state index contributed by atoms with van der Waals surface area (Å²) in [5.74, 6) is 0.397. The van der Waals surface area contributed by atoms with Crippen LogP contribution in [0.4, 0.5) is 5.69 Å². The van der Waals surface area contributed by atoms with Crippen LogP contribution in [0.3, 0.4) is 0 Å². The van der Waals surface area contributed by atoms with Gasteiger partial charge in [-0.05, 0) is 29.3 Å². The summed E-state index contributed by atoms with van der Waals surface area (Å²) in [6.45, 7) is 0.363. The molecule has 3 aromatic carbocycles. The van der Waals surface area contributed by atoms with Crippen molar-refractivity contribution in [2.75, 3.05) is 12.0 Å². The predicted molar refractivity (Wildman–Crippen MR) is 100 cm³/mol. The van der Waals surface area contributed by atoms with Gasteiger partial charge in [-0.3, -0.25) is 4.79 Å². The summed E-state index contributed by atoms with van der Waals surface area (Å²) in [7, 11) is 1.61. The molecule has 1 atom stereocenters. The van der Waals surface area contributed by atoms with Crippen LogP contribution in [0.1, 0.15) is 16.7 Å². The average Bonchev–Trinajstić information content (AvgIpc) is 2.92. The molecule has 4 heteroatoms. The lowest BCUT2D eigenvalue weighted by atomic mass is 9.88. The van der Waals surface area contributed by atoms with E-state index in [0.29, 0.717) is 17.7 Å². The first-order valence-electron chi connectivity index (χ1n) is 8.47. The van der Waals surface area contributed by atoms with E-state index in [1.165, 1.54) is 0 Å². The van der Waals surface area contributed by atoms with E-state index in [2.05, 4.69) is 0 Å². The van der Waals surface area contributed by atoms with E-state index in [9.17, 15) is 9.90 Å². The number of ether oxygens (including phenoxy) is 1. The number of amides is 1. The Hall–Kier alpha value is -3.11. The number of fused-ring (bicyclic) bond motifs is 1. The Morgan fingerprint density at radius 3 is 2.46 bits per heavy atom. The molecule has 0 fully saturated rings. The second-order valence-corrected chi connectivity index (χ2v) is 6.34. The van der Waals surface area contributed by atoms with Crippen LogP contribution < -0.4 is 9.64 Å². The zero-order chi connectivity index (χ0) is 18.1. The van der Waals surface area contributed by atoms with E-state index in [-0.39, 0.29) is 5.91 Å². The van der Waals surface area contributed by atoms with Crippen molar-refractivity contribution in [1.29, 1.82) is 0 Å². The van der Waals surface area contributed by atoms with Crippen LogP contribution in [-0.2, 0) is 16.9 Å².